The third kappa shape index (κ3) is 3.45. The Morgan fingerprint density at radius 2 is 2.29 bits per heavy atom. The van der Waals surface area contributed by atoms with E-state index in [0.29, 0.717) is 5.92 Å². The highest BCUT2D eigenvalue weighted by molar-refractivity contribution is 7.10. The summed E-state index contributed by atoms with van der Waals surface area (Å²) in [5.74, 6) is 2.97. The van der Waals surface area contributed by atoms with E-state index in [0.717, 1.165) is 22.3 Å². The highest BCUT2D eigenvalue weighted by atomic mass is 32.1. The first-order chi connectivity index (χ1) is 10.1. The van der Waals surface area contributed by atoms with Crippen molar-refractivity contribution in [3.05, 3.63) is 52.1 Å². The summed E-state index contributed by atoms with van der Waals surface area (Å²) in [6.45, 7) is 4.21. The lowest BCUT2D eigenvalue weighted by Crippen LogP contribution is -2.23. The summed E-state index contributed by atoms with van der Waals surface area (Å²) in [7, 11) is 0. The molecule has 0 unspecified atom stereocenters. The van der Waals surface area contributed by atoms with E-state index in [9.17, 15) is 4.79 Å². The van der Waals surface area contributed by atoms with Crippen molar-refractivity contribution >= 4 is 23.3 Å². The van der Waals surface area contributed by atoms with Crippen LogP contribution in [0.2, 0.25) is 0 Å². The maximum Gasteiger partial charge on any atom is 0.244 e. The zero-order valence-electron chi connectivity index (χ0n) is 12.2. The Morgan fingerprint density at radius 1 is 1.48 bits per heavy atom. The molecule has 0 bridgehead atoms. The lowest BCUT2D eigenvalue weighted by atomic mass is 10.2. The van der Waals surface area contributed by atoms with Crippen LogP contribution in [0.5, 0.6) is 0 Å². The van der Waals surface area contributed by atoms with Gasteiger partial charge >= 0.3 is 0 Å². The van der Waals surface area contributed by atoms with Crippen LogP contribution in [0.1, 0.15) is 48.6 Å². The zero-order valence-corrected chi connectivity index (χ0v) is 13.0. The van der Waals surface area contributed by atoms with Crippen LogP contribution in [-0.2, 0) is 4.79 Å². The SMILES string of the molecule is C[C@H](NC(=O)/C=C/c1ccc([C@H]2C[C@@H]2C)o1)c1cccs1. The summed E-state index contributed by atoms with van der Waals surface area (Å²) in [5.41, 5.74) is 0. The molecule has 21 heavy (non-hydrogen) atoms. The quantitative estimate of drug-likeness (QED) is 0.834. The Hall–Kier alpha value is -1.81. The predicted molar refractivity (Wildman–Crippen MR) is 85.1 cm³/mol. The van der Waals surface area contributed by atoms with Gasteiger partial charge in [0.2, 0.25) is 5.91 Å². The number of carbonyl (C=O) groups is 1. The molecule has 1 aliphatic rings. The van der Waals surface area contributed by atoms with Gasteiger partial charge < -0.3 is 9.73 Å². The molecule has 2 heterocycles. The number of thiophene rings is 1. The van der Waals surface area contributed by atoms with Crippen molar-refractivity contribution in [2.75, 3.05) is 0 Å². The predicted octanol–water partition coefficient (Wildman–Crippen LogP) is 4.36. The number of hydrogen-bond donors (Lipinski definition) is 1. The number of rotatable bonds is 5. The Kier molecular flexibility index (Phi) is 3.97. The normalized spacial score (nSPS) is 22.4. The van der Waals surface area contributed by atoms with E-state index in [4.69, 9.17) is 4.42 Å². The van der Waals surface area contributed by atoms with Crippen LogP contribution >= 0.6 is 11.3 Å². The second-order valence-electron chi connectivity index (χ2n) is 5.64. The molecule has 1 saturated carbocycles. The Labute approximate surface area is 128 Å². The van der Waals surface area contributed by atoms with Gasteiger partial charge in [0, 0.05) is 16.9 Å². The number of nitrogens with one attached hydrogen (secondary N) is 1. The Morgan fingerprint density at radius 3 is 2.95 bits per heavy atom. The maximum absolute atomic E-state index is 11.9. The van der Waals surface area contributed by atoms with Gasteiger partial charge in [-0.25, -0.2) is 0 Å². The van der Waals surface area contributed by atoms with Crippen molar-refractivity contribution in [3.63, 3.8) is 0 Å². The van der Waals surface area contributed by atoms with E-state index in [1.165, 1.54) is 12.5 Å². The molecule has 1 aliphatic carbocycles. The lowest BCUT2D eigenvalue weighted by Gasteiger charge is -2.09. The van der Waals surface area contributed by atoms with E-state index < -0.39 is 0 Å². The van der Waals surface area contributed by atoms with Gasteiger partial charge in [-0.1, -0.05) is 13.0 Å². The van der Waals surface area contributed by atoms with Crippen LogP contribution in [-0.4, -0.2) is 5.91 Å². The largest absolute Gasteiger partial charge is 0.461 e. The molecule has 0 aromatic carbocycles. The smallest absolute Gasteiger partial charge is 0.244 e. The first-order valence-corrected chi connectivity index (χ1v) is 8.13. The topological polar surface area (TPSA) is 42.2 Å². The van der Waals surface area contributed by atoms with E-state index in [1.54, 1.807) is 17.4 Å². The fourth-order valence-corrected chi connectivity index (χ4v) is 3.14. The van der Waals surface area contributed by atoms with Gasteiger partial charge in [0.1, 0.15) is 11.5 Å². The highest BCUT2D eigenvalue weighted by Gasteiger charge is 2.36. The van der Waals surface area contributed by atoms with Crippen molar-refractivity contribution in [2.45, 2.75) is 32.2 Å². The number of hydrogen-bond acceptors (Lipinski definition) is 3. The number of amides is 1. The van der Waals surface area contributed by atoms with E-state index in [-0.39, 0.29) is 11.9 Å². The molecule has 0 radical (unpaired) electrons. The average Bonchev–Trinajstić information content (AvgIpc) is 2.93. The molecule has 2 aromatic heterocycles. The number of furan rings is 1. The first kappa shape index (κ1) is 14.1. The molecule has 3 atom stereocenters. The van der Waals surface area contributed by atoms with Crippen LogP contribution in [0.3, 0.4) is 0 Å². The molecule has 110 valence electrons. The van der Waals surface area contributed by atoms with Gasteiger partial charge in [-0.15, -0.1) is 11.3 Å². The summed E-state index contributed by atoms with van der Waals surface area (Å²) in [6, 6.07) is 7.98. The number of carbonyl (C=O) groups excluding carboxylic acids is 1. The molecular weight excluding hydrogens is 282 g/mol. The average molecular weight is 301 g/mol. The monoisotopic (exact) mass is 301 g/mol. The molecule has 1 N–H and O–H groups in total. The van der Waals surface area contributed by atoms with E-state index in [2.05, 4.69) is 12.2 Å². The van der Waals surface area contributed by atoms with Crippen molar-refractivity contribution in [1.82, 2.24) is 5.32 Å². The summed E-state index contributed by atoms with van der Waals surface area (Å²) in [4.78, 5) is 13.0. The second kappa shape index (κ2) is 5.90. The van der Waals surface area contributed by atoms with E-state index >= 15 is 0 Å². The van der Waals surface area contributed by atoms with Gasteiger partial charge in [-0.3, -0.25) is 4.79 Å². The fourth-order valence-electron chi connectivity index (χ4n) is 2.40. The Balaban J connectivity index is 1.55. The minimum atomic E-state index is -0.103. The summed E-state index contributed by atoms with van der Waals surface area (Å²) in [5, 5.41) is 4.96. The fraction of sp³-hybridized carbons (Fsp3) is 0.353. The van der Waals surface area contributed by atoms with Crippen molar-refractivity contribution in [2.24, 2.45) is 5.92 Å². The summed E-state index contributed by atoms with van der Waals surface area (Å²) >= 11 is 1.64. The molecule has 3 rings (SSSR count). The summed E-state index contributed by atoms with van der Waals surface area (Å²) in [6.07, 6.45) is 4.46. The highest BCUT2D eigenvalue weighted by Crippen LogP contribution is 2.47. The van der Waals surface area contributed by atoms with Gasteiger partial charge in [0.15, 0.2) is 0 Å². The molecule has 1 fully saturated rings. The summed E-state index contributed by atoms with van der Waals surface area (Å²) < 4.78 is 5.74. The molecule has 0 aliphatic heterocycles. The van der Waals surface area contributed by atoms with Crippen LogP contribution < -0.4 is 5.32 Å². The molecule has 1 amide bonds. The van der Waals surface area contributed by atoms with Crippen molar-refractivity contribution in [3.8, 4) is 0 Å². The third-order valence-electron chi connectivity index (χ3n) is 3.85. The lowest BCUT2D eigenvalue weighted by molar-refractivity contribution is -0.117. The molecule has 0 spiro atoms. The first-order valence-electron chi connectivity index (χ1n) is 7.25. The van der Waals surface area contributed by atoms with Crippen LogP contribution in [0, 0.1) is 5.92 Å². The van der Waals surface area contributed by atoms with Crippen LogP contribution in [0.25, 0.3) is 6.08 Å². The van der Waals surface area contributed by atoms with Crippen molar-refractivity contribution in [1.29, 1.82) is 0 Å². The molecule has 3 nitrogen and oxygen atoms in total. The minimum absolute atomic E-state index is 0.0293. The Bertz CT molecular complexity index is 642. The van der Waals surface area contributed by atoms with Crippen molar-refractivity contribution < 1.29 is 9.21 Å². The van der Waals surface area contributed by atoms with Crippen LogP contribution in [0.4, 0.5) is 0 Å². The van der Waals surface area contributed by atoms with Gasteiger partial charge in [0.05, 0.1) is 6.04 Å². The standard InChI is InChI=1S/C17H19NO2S/c1-11-10-14(11)15-7-5-13(20-15)6-8-17(19)18-12(2)16-4-3-9-21-16/h3-9,11-12,14H,10H2,1-2H3,(H,18,19)/b8-6+/t11-,12-,14-/m0/s1. The minimum Gasteiger partial charge on any atom is -0.461 e. The second-order valence-corrected chi connectivity index (χ2v) is 6.62. The molecule has 2 aromatic rings. The zero-order chi connectivity index (χ0) is 14.8. The maximum atomic E-state index is 11.9. The molecule has 4 heteroatoms. The van der Waals surface area contributed by atoms with Gasteiger partial charge in [-0.2, -0.15) is 0 Å². The molecular formula is C17H19NO2S. The van der Waals surface area contributed by atoms with Gasteiger partial charge in [-0.05, 0) is 48.9 Å². The van der Waals surface area contributed by atoms with E-state index in [1.807, 2.05) is 36.6 Å². The van der Waals surface area contributed by atoms with Crippen LogP contribution in [0.15, 0.2) is 40.1 Å². The third-order valence-corrected chi connectivity index (χ3v) is 4.91. The molecule has 0 saturated heterocycles. The van der Waals surface area contributed by atoms with Gasteiger partial charge in [0.25, 0.3) is 0 Å².